The van der Waals surface area contributed by atoms with Crippen molar-refractivity contribution in [1.82, 2.24) is 4.90 Å². The smallest absolute Gasteiger partial charge is 0.405 e. The molecule has 50 heavy (non-hydrogen) atoms. The van der Waals surface area contributed by atoms with Crippen molar-refractivity contribution < 1.29 is 53.3 Å². The number of aliphatic hydroxyl groups excluding tert-OH is 2. The van der Waals surface area contributed by atoms with E-state index in [4.69, 9.17) is 34.2 Å². The first kappa shape index (κ1) is 41.7. The minimum atomic E-state index is -1.77. The minimum Gasteiger partial charge on any atom is -0.458 e. The van der Waals surface area contributed by atoms with Gasteiger partial charge in [0.2, 0.25) is 0 Å². The van der Waals surface area contributed by atoms with Crippen LogP contribution in [0.4, 0.5) is 4.79 Å². The second-order valence-electron chi connectivity index (χ2n) is 14.9. The highest BCUT2D eigenvalue weighted by atomic mass is 16.7. The number of ether oxygens (including phenoxy) is 6. The van der Waals surface area contributed by atoms with Gasteiger partial charge in [0, 0.05) is 23.8 Å². The van der Waals surface area contributed by atoms with Crippen LogP contribution in [0.3, 0.4) is 0 Å². The number of amides is 1. The standard InChI is InChI=1S/C34H58N4O12/c1-12-24-34(9,50-32(35)42)29-20(5)25(36-38(43)44)18(3)14-33(8,46-16-17(2)15-45-29)28(21(6)26(39)22(7)30(41)48-24)49-31-27(40)23(37(10)11)13-19(4)47-31/h18-24,26-29,31,39-40H,2,12-16H2,1,3-11H3,(H2,35,42)/b36-25+/t18-,19-,20+,21+,22?,23+,24-,26+,27-,28-,29-,31+,33-,34-/m1/s1. The molecule has 2 bridgehead atoms. The molecule has 0 radical (unpaired) electrons. The molecule has 3 saturated heterocycles. The zero-order chi connectivity index (χ0) is 37.9. The summed E-state index contributed by atoms with van der Waals surface area (Å²) in [4.78, 5) is 40.2. The van der Waals surface area contributed by atoms with Crippen LogP contribution in [-0.2, 0) is 33.2 Å². The Balaban J connectivity index is 2.33. The average Bonchev–Trinajstić information content (AvgIpc) is 3.03. The number of nitrogens with two attached hydrogens (primary N) is 1. The Kier molecular flexibility index (Phi) is 14.0. The monoisotopic (exact) mass is 714 g/mol. The average molecular weight is 715 g/mol. The molecule has 0 saturated carbocycles. The Morgan fingerprint density at radius 2 is 1.78 bits per heavy atom. The van der Waals surface area contributed by atoms with Crippen LogP contribution in [0.25, 0.3) is 0 Å². The minimum absolute atomic E-state index is 0.0602. The maximum absolute atomic E-state index is 13.8. The molecule has 3 fully saturated rings. The van der Waals surface area contributed by atoms with Crippen molar-refractivity contribution in [3.05, 3.63) is 22.3 Å². The Morgan fingerprint density at radius 3 is 2.34 bits per heavy atom. The second-order valence-corrected chi connectivity index (χ2v) is 14.9. The third-order valence-electron chi connectivity index (χ3n) is 10.6. The summed E-state index contributed by atoms with van der Waals surface area (Å²) >= 11 is 0. The summed E-state index contributed by atoms with van der Waals surface area (Å²) in [6.45, 7) is 17.4. The predicted molar refractivity (Wildman–Crippen MR) is 181 cm³/mol. The number of nitrogens with zero attached hydrogens (tertiary/aromatic N) is 3. The number of nitro groups is 1. The molecule has 0 aliphatic carbocycles. The van der Waals surface area contributed by atoms with Gasteiger partial charge in [-0.05, 0) is 66.6 Å². The highest BCUT2D eigenvalue weighted by Gasteiger charge is 2.55. The maximum atomic E-state index is 13.8. The number of rotatable bonds is 6. The van der Waals surface area contributed by atoms with Gasteiger partial charge >= 0.3 is 12.1 Å². The number of hydrazone groups is 1. The van der Waals surface area contributed by atoms with Gasteiger partial charge in [-0.15, -0.1) is 0 Å². The van der Waals surface area contributed by atoms with E-state index < -0.39 is 88.8 Å². The van der Waals surface area contributed by atoms with Crippen molar-refractivity contribution in [2.45, 2.75) is 135 Å². The zero-order valence-corrected chi connectivity index (χ0v) is 31.1. The van der Waals surface area contributed by atoms with E-state index in [0.717, 1.165) is 0 Å². The lowest BCUT2D eigenvalue weighted by atomic mass is 9.73. The number of carbonyl (C=O) groups is 2. The van der Waals surface area contributed by atoms with Gasteiger partial charge in [-0.1, -0.05) is 34.3 Å². The van der Waals surface area contributed by atoms with Gasteiger partial charge in [0.05, 0.1) is 53.9 Å². The zero-order valence-electron chi connectivity index (χ0n) is 31.1. The van der Waals surface area contributed by atoms with Crippen molar-refractivity contribution in [2.24, 2.45) is 34.5 Å². The molecule has 3 aliphatic rings. The van der Waals surface area contributed by atoms with E-state index in [2.05, 4.69) is 11.7 Å². The Bertz CT molecular complexity index is 1270. The van der Waals surface area contributed by atoms with Crippen LogP contribution in [0.15, 0.2) is 17.3 Å². The number of cyclic esters (lactones) is 1. The number of aliphatic hydroxyl groups is 2. The fourth-order valence-electron chi connectivity index (χ4n) is 7.95. The molecule has 0 aromatic carbocycles. The molecule has 3 rings (SSSR count). The topological polar surface area (TPSA) is 215 Å². The second kappa shape index (κ2) is 16.7. The molecule has 3 heterocycles. The normalized spacial score (nSPS) is 43.3. The van der Waals surface area contributed by atoms with Gasteiger partial charge in [0.1, 0.15) is 18.3 Å². The molecule has 286 valence electrons. The number of fused-ring (bicyclic) bond motifs is 5. The molecular weight excluding hydrogens is 656 g/mol. The lowest BCUT2D eigenvalue weighted by Crippen LogP contribution is -2.61. The van der Waals surface area contributed by atoms with Crippen LogP contribution >= 0.6 is 0 Å². The summed E-state index contributed by atoms with van der Waals surface area (Å²) in [5, 5.41) is 38.4. The summed E-state index contributed by atoms with van der Waals surface area (Å²) in [7, 11) is 3.70. The first-order valence-electron chi connectivity index (χ1n) is 17.3. The molecule has 0 aromatic heterocycles. The lowest BCUT2D eigenvalue weighted by molar-refractivity contribution is -0.485. The van der Waals surface area contributed by atoms with E-state index >= 15 is 0 Å². The van der Waals surface area contributed by atoms with Gasteiger partial charge in [0.25, 0.3) is 0 Å². The third kappa shape index (κ3) is 9.19. The first-order valence-corrected chi connectivity index (χ1v) is 17.3. The molecule has 16 nitrogen and oxygen atoms in total. The lowest BCUT2D eigenvalue weighted by Gasteiger charge is -2.48. The van der Waals surface area contributed by atoms with E-state index in [1.807, 2.05) is 25.9 Å². The fourth-order valence-corrected chi connectivity index (χ4v) is 7.95. The van der Waals surface area contributed by atoms with E-state index in [-0.39, 0.29) is 43.9 Å². The molecule has 1 amide bonds. The molecule has 14 atom stereocenters. The van der Waals surface area contributed by atoms with Crippen LogP contribution in [0.1, 0.15) is 74.7 Å². The summed E-state index contributed by atoms with van der Waals surface area (Å²) in [5.74, 6) is -4.40. The van der Waals surface area contributed by atoms with Crippen molar-refractivity contribution in [3.8, 4) is 0 Å². The van der Waals surface area contributed by atoms with Crippen LogP contribution in [0.5, 0.6) is 0 Å². The van der Waals surface area contributed by atoms with E-state index in [1.54, 1.807) is 34.6 Å². The Labute approximate surface area is 294 Å². The fraction of sp³-hybridized carbons (Fsp3) is 0.853. The van der Waals surface area contributed by atoms with Gasteiger partial charge in [-0.3, -0.25) is 4.79 Å². The summed E-state index contributed by atoms with van der Waals surface area (Å²) < 4.78 is 37.5. The van der Waals surface area contributed by atoms with Crippen LogP contribution < -0.4 is 5.73 Å². The predicted octanol–water partition coefficient (Wildman–Crippen LogP) is 2.65. The number of likely N-dealkylation sites (N-methyl/N-ethyl adjacent to an activating group) is 1. The third-order valence-corrected chi connectivity index (χ3v) is 10.6. The molecular formula is C34H58N4O12. The molecule has 0 spiro atoms. The number of hydrogen-bond acceptors (Lipinski definition) is 13. The van der Waals surface area contributed by atoms with E-state index in [1.165, 1.54) is 13.8 Å². The highest BCUT2D eigenvalue weighted by molar-refractivity contribution is 5.89. The van der Waals surface area contributed by atoms with Gasteiger partial charge in [-0.2, -0.15) is 0 Å². The quantitative estimate of drug-likeness (QED) is 0.156. The van der Waals surface area contributed by atoms with Crippen molar-refractivity contribution in [2.75, 3.05) is 27.3 Å². The van der Waals surface area contributed by atoms with Crippen molar-refractivity contribution in [3.63, 3.8) is 0 Å². The Hall–Kier alpha value is -2.73. The Morgan fingerprint density at radius 1 is 1.14 bits per heavy atom. The van der Waals surface area contributed by atoms with Gasteiger partial charge in [-0.25, -0.2) is 14.9 Å². The summed E-state index contributed by atoms with van der Waals surface area (Å²) in [6.07, 6.45) is -7.79. The number of hydrogen-bond donors (Lipinski definition) is 3. The molecule has 0 aromatic rings. The largest absolute Gasteiger partial charge is 0.458 e. The van der Waals surface area contributed by atoms with Gasteiger partial charge in [0.15, 0.2) is 16.9 Å². The van der Waals surface area contributed by atoms with Crippen molar-refractivity contribution >= 4 is 17.8 Å². The van der Waals surface area contributed by atoms with Crippen LogP contribution in [0.2, 0.25) is 0 Å². The summed E-state index contributed by atoms with van der Waals surface area (Å²) in [6, 6.07) is -0.312. The number of primary amides is 1. The number of esters is 1. The van der Waals surface area contributed by atoms with Crippen molar-refractivity contribution in [1.29, 1.82) is 0 Å². The first-order chi connectivity index (χ1) is 23.2. The number of carbonyl (C=O) groups excluding carboxylic acids is 2. The van der Waals surface area contributed by atoms with E-state index in [0.29, 0.717) is 12.0 Å². The summed E-state index contributed by atoms with van der Waals surface area (Å²) in [5.41, 5.74) is 2.98. The maximum Gasteiger partial charge on any atom is 0.405 e. The van der Waals surface area contributed by atoms with Crippen LogP contribution in [0, 0.1) is 33.8 Å². The molecule has 3 aliphatic heterocycles. The molecule has 4 N–H and O–H groups in total. The van der Waals surface area contributed by atoms with E-state index in [9.17, 15) is 29.9 Å². The van der Waals surface area contributed by atoms with Gasteiger partial charge < -0.3 is 49.3 Å². The highest BCUT2D eigenvalue weighted by Crippen LogP contribution is 2.42. The molecule has 1 unspecified atom stereocenters. The SMILES string of the molecule is C=C1CO[C@@H]2[C@@H](C)/C(=N/[N+](=O)[O-])[C@H](C)C[C@@](C)(OC1)[C@H](O[C@@H]1O[C@H](C)C[C@H](N(C)C)[C@H]1O)[C@@H](C)[C@H](O)C(C)C(=O)O[C@H](CC)[C@@]2(C)OC(N)=O. The molecule has 16 heteroatoms. The van der Waals surface area contributed by atoms with Crippen LogP contribution in [-0.4, -0.2) is 125 Å².